The SMILES string of the molecule is FC(F)Oc1ccc(-c2cnnc(Nc3ccnc(N4CC5COCC5C4)n3)c2)cc1. The van der Waals surface area contributed by atoms with E-state index in [9.17, 15) is 8.78 Å². The van der Waals surface area contributed by atoms with E-state index in [1.54, 1.807) is 30.6 Å². The fourth-order valence-electron chi connectivity index (χ4n) is 3.97. The fraction of sp³-hybridized carbons (Fsp3) is 0.333. The van der Waals surface area contributed by atoms with Crippen molar-refractivity contribution in [3.63, 3.8) is 0 Å². The zero-order chi connectivity index (χ0) is 21.2. The van der Waals surface area contributed by atoms with Crippen molar-refractivity contribution >= 4 is 17.6 Å². The first-order valence-corrected chi connectivity index (χ1v) is 9.95. The molecule has 3 aromatic rings. The van der Waals surface area contributed by atoms with Gasteiger partial charge in [0.15, 0.2) is 5.82 Å². The third-order valence-electron chi connectivity index (χ3n) is 5.49. The molecule has 8 nitrogen and oxygen atoms in total. The second-order valence-electron chi connectivity index (χ2n) is 7.56. The van der Waals surface area contributed by atoms with Crippen LogP contribution in [-0.4, -0.2) is 53.1 Å². The molecule has 4 heterocycles. The number of fused-ring (bicyclic) bond motifs is 1. The summed E-state index contributed by atoms with van der Waals surface area (Å²) in [4.78, 5) is 11.2. The van der Waals surface area contributed by atoms with Gasteiger partial charge in [0.25, 0.3) is 0 Å². The first-order valence-electron chi connectivity index (χ1n) is 9.95. The number of nitrogens with one attached hydrogen (secondary N) is 1. The van der Waals surface area contributed by atoms with E-state index in [1.807, 2.05) is 6.07 Å². The number of hydrogen-bond donors (Lipinski definition) is 1. The van der Waals surface area contributed by atoms with Crippen LogP contribution in [0.5, 0.6) is 5.75 Å². The van der Waals surface area contributed by atoms with Crippen molar-refractivity contribution in [2.75, 3.05) is 36.5 Å². The van der Waals surface area contributed by atoms with Crippen LogP contribution in [0.4, 0.5) is 26.4 Å². The molecule has 2 aliphatic rings. The maximum Gasteiger partial charge on any atom is 0.387 e. The molecular formula is C21H20F2N6O2. The van der Waals surface area contributed by atoms with Gasteiger partial charge in [-0.1, -0.05) is 12.1 Å². The number of anilines is 3. The second-order valence-corrected chi connectivity index (χ2v) is 7.56. The van der Waals surface area contributed by atoms with Crippen molar-refractivity contribution in [3.8, 4) is 16.9 Å². The monoisotopic (exact) mass is 426 g/mol. The van der Waals surface area contributed by atoms with E-state index in [2.05, 4.69) is 35.1 Å². The van der Waals surface area contributed by atoms with E-state index in [-0.39, 0.29) is 5.75 Å². The molecule has 2 fully saturated rings. The van der Waals surface area contributed by atoms with Gasteiger partial charge in [-0.2, -0.15) is 18.9 Å². The predicted molar refractivity (Wildman–Crippen MR) is 109 cm³/mol. The maximum atomic E-state index is 12.3. The molecule has 2 saturated heterocycles. The smallest absolute Gasteiger partial charge is 0.387 e. The Morgan fingerprint density at radius 3 is 2.55 bits per heavy atom. The van der Waals surface area contributed by atoms with E-state index in [1.165, 1.54) is 12.1 Å². The summed E-state index contributed by atoms with van der Waals surface area (Å²) in [5.41, 5.74) is 1.58. The Balaban J connectivity index is 1.30. The van der Waals surface area contributed by atoms with Crippen LogP contribution in [0.3, 0.4) is 0 Å². The molecule has 2 atom stereocenters. The van der Waals surface area contributed by atoms with Gasteiger partial charge in [0.2, 0.25) is 5.95 Å². The van der Waals surface area contributed by atoms with Crippen molar-refractivity contribution in [1.29, 1.82) is 0 Å². The highest BCUT2D eigenvalue weighted by Crippen LogP contribution is 2.31. The third kappa shape index (κ3) is 4.38. The molecule has 160 valence electrons. The van der Waals surface area contributed by atoms with E-state index in [0.717, 1.165) is 37.4 Å². The molecule has 0 saturated carbocycles. The fourth-order valence-corrected chi connectivity index (χ4v) is 3.97. The average molecular weight is 426 g/mol. The summed E-state index contributed by atoms with van der Waals surface area (Å²) in [7, 11) is 0. The van der Waals surface area contributed by atoms with Crippen LogP contribution < -0.4 is 15.0 Å². The van der Waals surface area contributed by atoms with Crippen LogP contribution in [-0.2, 0) is 4.74 Å². The second kappa shape index (κ2) is 8.38. The van der Waals surface area contributed by atoms with Crippen molar-refractivity contribution in [1.82, 2.24) is 20.2 Å². The summed E-state index contributed by atoms with van der Waals surface area (Å²) in [6.07, 6.45) is 3.32. The molecule has 1 aromatic carbocycles. The van der Waals surface area contributed by atoms with Crippen molar-refractivity contribution in [3.05, 3.63) is 48.8 Å². The average Bonchev–Trinajstić information content (AvgIpc) is 3.37. The molecule has 5 rings (SSSR count). The molecular weight excluding hydrogens is 406 g/mol. The Hall–Kier alpha value is -3.40. The number of rotatable bonds is 6. The molecule has 0 bridgehead atoms. The molecule has 2 unspecified atom stereocenters. The molecule has 1 N–H and O–H groups in total. The lowest BCUT2D eigenvalue weighted by atomic mass is 10.0. The quantitative estimate of drug-likeness (QED) is 0.642. The normalized spacial score (nSPS) is 20.2. The molecule has 31 heavy (non-hydrogen) atoms. The van der Waals surface area contributed by atoms with Crippen molar-refractivity contribution < 1.29 is 18.3 Å². The van der Waals surface area contributed by atoms with Gasteiger partial charge in [-0.3, -0.25) is 0 Å². The molecule has 0 spiro atoms. The van der Waals surface area contributed by atoms with Crippen LogP contribution in [0.1, 0.15) is 0 Å². The summed E-state index contributed by atoms with van der Waals surface area (Å²) in [5.74, 6) is 3.00. The number of ether oxygens (including phenoxy) is 2. The van der Waals surface area contributed by atoms with E-state index >= 15 is 0 Å². The van der Waals surface area contributed by atoms with Gasteiger partial charge in [-0.25, -0.2) is 4.98 Å². The minimum atomic E-state index is -2.85. The first kappa shape index (κ1) is 19.6. The van der Waals surface area contributed by atoms with Gasteiger partial charge < -0.3 is 19.7 Å². The zero-order valence-corrected chi connectivity index (χ0v) is 16.5. The van der Waals surface area contributed by atoms with Gasteiger partial charge in [0.05, 0.1) is 19.4 Å². The highest BCUT2D eigenvalue weighted by Gasteiger charge is 2.38. The van der Waals surface area contributed by atoms with E-state index in [0.29, 0.717) is 29.4 Å². The Morgan fingerprint density at radius 1 is 1.03 bits per heavy atom. The molecule has 2 aliphatic heterocycles. The minimum absolute atomic E-state index is 0.102. The first-order chi connectivity index (χ1) is 15.1. The largest absolute Gasteiger partial charge is 0.435 e. The Labute approximate surface area is 177 Å². The Bertz CT molecular complexity index is 1040. The topological polar surface area (TPSA) is 85.3 Å². The van der Waals surface area contributed by atoms with Gasteiger partial charge in [-0.15, -0.1) is 5.10 Å². The summed E-state index contributed by atoms with van der Waals surface area (Å²) >= 11 is 0. The number of benzene rings is 1. The van der Waals surface area contributed by atoms with Crippen LogP contribution in [0.2, 0.25) is 0 Å². The highest BCUT2D eigenvalue weighted by atomic mass is 19.3. The number of halogens is 2. The number of hydrogen-bond acceptors (Lipinski definition) is 8. The third-order valence-corrected chi connectivity index (χ3v) is 5.49. The lowest BCUT2D eigenvalue weighted by Crippen LogP contribution is -2.24. The number of alkyl halides is 2. The number of aromatic nitrogens is 4. The minimum Gasteiger partial charge on any atom is -0.435 e. The lowest BCUT2D eigenvalue weighted by molar-refractivity contribution is -0.0498. The highest BCUT2D eigenvalue weighted by molar-refractivity contribution is 5.67. The molecule has 0 amide bonds. The predicted octanol–water partition coefficient (Wildman–Crippen LogP) is 3.36. The summed E-state index contributed by atoms with van der Waals surface area (Å²) < 4.78 is 34.6. The summed E-state index contributed by atoms with van der Waals surface area (Å²) in [5, 5.41) is 11.3. The molecule has 0 aliphatic carbocycles. The van der Waals surface area contributed by atoms with Crippen molar-refractivity contribution in [2.24, 2.45) is 11.8 Å². The van der Waals surface area contributed by atoms with Gasteiger partial charge >= 0.3 is 6.61 Å². The van der Waals surface area contributed by atoms with Crippen LogP contribution in [0.15, 0.2) is 48.8 Å². The van der Waals surface area contributed by atoms with Gasteiger partial charge in [0.1, 0.15) is 11.6 Å². The van der Waals surface area contributed by atoms with Gasteiger partial charge in [0, 0.05) is 36.7 Å². The molecule has 2 aromatic heterocycles. The molecule has 10 heteroatoms. The zero-order valence-electron chi connectivity index (χ0n) is 16.5. The molecule has 0 radical (unpaired) electrons. The summed E-state index contributed by atoms with van der Waals surface area (Å²) in [6, 6.07) is 9.94. The Morgan fingerprint density at radius 2 is 1.81 bits per heavy atom. The van der Waals surface area contributed by atoms with Crippen LogP contribution in [0, 0.1) is 11.8 Å². The van der Waals surface area contributed by atoms with Crippen LogP contribution in [0.25, 0.3) is 11.1 Å². The standard InChI is InChI=1S/C21H20F2N6O2/c22-20(23)31-17-3-1-13(2-4-17)14-7-19(28-25-8-14)26-18-5-6-24-21(27-18)29-9-15-11-30-12-16(15)10-29/h1-8,15-16,20H,9-12H2,(H,24,26,27,28). The maximum absolute atomic E-state index is 12.3. The van der Waals surface area contributed by atoms with E-state index in [4.69, 9.17) is 4.74 Å². The summed E-state index contributed by atoms with van der Waals surface area (Å²) in [6.45, 7) is 0.548. The van der Waals surface area contributed by atoms with Crippen LogP contribution >= 0.6 is 0 Å². The van der Waals surface area contributed by atoms with Crippen molar-refractivity contribution in [2.45, 2.75) is 6.61 Å². The number of nitrogens with zero attached hydrogens (tertiary/aromatic N) is 5. The van der Waals surface area contributed by atoms with E-state index < -0.39 is 6.61 Å². The Kier molecular flexibility index (Phi) is 5.29. The lowest BCUT2D eigenvalue weighted by Gasteiger charge is -2.17. The van der Waals surface area contributed by atoms with Gasteiger partial charge in [-0.05, 0) is 29.8 Å².